The zero-order chi connectivity index (χ0) is 25.1. The maximum absolute atomic E-state index is 12.8. The molecule has 1 aliphatic rings. The third-order valence-corrected chi connectivity index (χ3v) is 7.69. The number of halogens is 2. The summed E-state index contributed by atoms with van der Waals surface area (Å²) >= 11 is 12.4. The van der Waals surface area contributed by atoms with Crippen LogP contribution in [-0.4, -0.2) is 46.6 Å². The van der Waals surface area contributed by atoms with Crippen LogP contribution in [-0.2, 0) is 14.6 Å². The fourth-order valence-corrected chi connectivity index (χ4v) is 5.80. The lowest BCUT2D eigenvalue weighted by Gasteiger charge is -2.25. The molecule has 5 rings (SSSR count). The fourth-order valence-electron chi connectivity index (χ4n) is 3.72. The molecule has 0 atom stereocenters. The number of carbonyl (C=O) groups is 1. The molecule has 0 saturated heterocycles. The van der Waals surface area contributed by atoms with Crippen LogP contribution in [0.15, 0.2) is 52.3 Å². The standard InChI is InChI=1S/C21H15Cl2N7O4S/c1-29-14-6-5-10(7-15(14)35(33,34)9-16(29)31)26-20-25-8-11-18(24)30(21(32)28-19(11)27-20)17-12(22)3-2-4-13(17)23/h2-8,24H,9H2,1H3,(H2,25,26,27,28,32). The molecular weight excluding hydrogens is 517 g/mol. The van der Waals surface area contributed by atoms with Crippen LogP contribution in [0.5, 0.6) is 0 Å². The summed E-state index contributed by atoms with van der Waals surface area (Å²) in [5, 5.41) is 12.0. The van der Waals surface area contributed by atoms with Gasteiger partial charge in [-0.1, -0.05) is 29.3 Å². The number of nitrogens with one attached hydrogen (secondary N) is 3. The summed E-state index contributed by atoms with van der Waals surface area (Å²) < 4.78 is 26.0. The minimum Gasteiger partial charge on any atom is -0.324 e. The average molecular weight is 532 g/mol. The molecule has 2 aromatic carbocycles. The fraction of sp³-hybridized carbons (Fsp3) is 0.0952. The molecule has 0 fully saturated rings. The molecular formula is C21H15Cl2N7O4S. The summed E-state index contributed by atoms with van der Waals surface area (Å²) in [5.74, 6) is -1.07. The first-order chi connectivity index (χ1) is 16.6. The Morgan fingerprint density at radius 1 is 1.14 bits per heavy atom. The lowest BCUT2D eigenvalue weighted by atomic mass is 10.2. The lowest BCUT2D eigenvalue weighted by molar-refractivity contribution is -0.116. The van der Waals surface area contributed by atoms with Crippen molar-refractivity contribution in [3.63, 3.8) is 0 Å². The molecule has 0 spiro atoms. The van der Waals surface area contributed by atoms with Gasteiger partial charge >= 0.3 is 5.69 Å². The van der Waals surface area contributed by atoms with Crippen molar-refractivity contribution in [3.8, 4) is 5.69 Å². The van der Waals surface area contributed by atoms with Crippen molar-refractivity contribution in [2.45, 2.75) is 4.90 Å². The number of sulfone groups is 1. The molecule has 2 aromatic heterocycles. The second-order valence-electron chi connectivity index (χ2n) is 7.66. The average Bonchev–Trinajstić information content (AvgIpc) is 2.79. The highest BCUT2D eigenvalue weighted by molar-refractivity contribution is 7.92. The van der Waals surface area contributed by atoms with Gasteiger partial charge in [0.1, 0.15) is 11.2 Å². The number of anilines is 3. The van der Waals surface area contributed by atoms with Gasteiger partial charge in [0.15, 0.2) is 15.5 Å². The van der Waals surface area contributed by atoms with Crippen molar-refractivity contribution < 1.29 is 13.2 Å². The van der Waals surface area contributed by atoms with E-state index >= 15 is 0 Å². The van der Waals surface area contributed by atoms with E-state index in [1.165, 1.54) is 30.3 Å². The van der Waals surface area contributed by atoms with E-state index in [9.17, 15) is 18.0 Å². The van der Waals surface area contributed by atoms with Crippen molar-refractivity contribution in [2.24, 2.45) is 0 Å². The number of hydrogen-bond donors (Lipinski definition) is 3. The Hall–Kier alpha value is -3.74. The third kappa shape index (κ3) is 3.85. The number of para-hydroxylation sites is 1. The van der Waals surface area contributed by atoms with Crippen LogP contribution in [0.25, 0.3) is 16.7 Å². The first kappa shape index (κ1) is 23.0. The highest BCUT2D eigenvalue weighted by atomic mass is 35.5. The quantitative estimate of drug-likeness (QED) is 0.366. The number of H-pyrrole nitrogens is 1. The second-order valence-corrected chi connectivity index (χ2v) is 10.4. The minimum atomic E-state index is -3.79. The van der Waals surface area contributed by atoms with Crippen LogP contribution in [0.1, 0.15) is 0 Å². The molecule has 0 bridgehead atoms. The molecule has 35 heavy (non-hydrogen) atoms. The number of carbonyl (C=O) groups excluding carboxylic acids is 1. The summed E-state index contributed by atoms with van der Waals surface area (Å²) in [5.41, 5.74) is -0.0424. The molecule has 178 valence electrons. The maximum Gasteiger partial charge on any atom is 0.333 e. The second kappa shape index (κ2) is 8.18. The number of nitrogens with zero attached hydrogens (tertiary/aromatic N) is 4. The van der Waals surface area contributed by atoms with Crippen molar-refractivity contribution in [2.75, 3.05) is 23.0 Å². The van der Waals surface area contributed by atoms with Gasteiger partial charge in [-0.3, -0.25) is 15.2 Å². The van der Waals surface area contributed by atoms with Crippen LogP contribution >= 0.6 is 23.2 Å². The first-order valence-electron chi connectivity index (χ1n) is 9.98. The molecule has 3 heterocycles. The number of aromatic amines is 1. The predicted octanol–water partition coefficient (Wildman–Crippen LogP) is 2.39. The van der Waals surface area contributed by atoms with Gasteiger partial charge in [-0.05, 0) is 30.3 Å². The summed E-state index contributed by atoms with van der Waals surface area (Å²) in [4.78, 5) is 37.1. The first-order valence-corrected chi connectivity index (χ1v) is 12.4. The maximum atomic E-state index is 12.8. The molecule has 14 heteroatoms. The van der Waals surface area contributed by atoms with E-state index in [4.69, 9.17) is 28.6 Å². The highest BCUT2D eigenvalue weighted by Crippen LogP contribution is 2.33. The van der Waals surface area contributed by atoms with Gasteiger partial charge in [-0.25, -0.2) is 22.8 Å². The molecule has 0 aliphatic carbocycles. The Kier molecular flexibility index (Phi) is 5.38. The van der Waals surface area contributed by atoms with Crippen molar-refractivity contribution in [1.29, 1.82) is 5.41 Å². The van der Waals surface area contributed by atoms with E-state index < -0.39 is 27.2 Å². The third-order valence-electron chi connectivity index (χ3n) is 5.46. The van der Waals surface area contributed by atoms with E-state index in [2.05, 4.69) is 20.3 Å². The van der Waals surface area contributed by atoms with Crippen LogP contribution in [0.4, 0.5) is 17.3 Å². The van der Waals surface area contributed by atoms with Crippen LogP contribution in [0, 0.1) is 5.41 Å². The predicted molar refractivity (Wildman–Crippen MR) is 131 cm³/mol. The Labute approximate surface area is 207 Å². The van der Waals surface area contributed by atoms with Gasteiger partial charge < -0.3 is 10.2 Å². The summed E-state index contributed by atoms with van der Waals surface area (Å²) in [7, 11) is -2.29. The van der Waals surface area contributed by atoms with E-state index in [1.807, 2.05) is 0 Å². The normalized spacial score (nSPS) is 14.7. The van der Waals surface area contributed by atoms with E-state index in [0.29, 0.717) is 5.69 Å². The molecule has 1 aliphatic heterocycles. The number of fused-ring (bicyclic) bond motifs is 2. The summed E-state index contributed by atoms with van der Waals surface area (Å²) in [6, 6.07) is 9.19. The molecule has 0 unspecified atom stereocenters. The van der Waals surface area contributed by atoms with Gasteiger partial charge in [0.05, 0.1) is 31.7 Å². The van der Waals surface area contributed by atoms with E-state index in [1.54, 1.807) is 24.3 Å². The molecule has 0 saturated carbocycles. The van der Waals surface area contributed by atoms with Gasteiger partial charge in [-0.2, -0.15) is 4.98 Å². The van der Waals surface area contributed by atoms with Gasteiger partial charge in [0.2, 0.25) is 11.9 Å². The Morgan fingerprint density at radius 3 is 2.57 bits per heavy atom. The zero-order valence-electron chi connectivity index (χ0n) is 17.8. The zero-order valence-corrected chi connectivity index (χ0v) is 20.2. The molecule has 4 aromatic rings. The van der Waals surface area contributed by atoms with E-state index in [-0.39, 0.29) is 48.8 Å². The number of amides is 1. The highest BCUT2D eigenvalue weighted by Gasteiger charge is 2.32. The van der Waals surface area contributed by atoms with Gasteiger partial charge in [0.25, 0.3) is 0 Å². The van der Waals surface area contributed by atoms with E-state index in [0.717, 1.165) is 4.57 Å². The van der Waals surface area contributed by atoms with Crippen molar-refractivity contribution in [3.05, 3.63) is 68.6 Å². The number of rotatable bonds is 3. The number of aromatic nitrogens is 4. The number of benzene rings is 2. The number of hydrogen-bond acceptors (Lipinski definition) is 8. The molecule has 1 amide bonds. The topological polar surface area (TPSA) is 154 Å². The molecule has 11 nitrogen and oxygen atoms in total. The molecule has 0 radical (unpaired) electrons. The Bertz CT molecular complexity index is 1760. The van der Waals surface area contributed by atoms with Crippen LogP contribution in [0.3, 0.4) is 0 Å². The monoisotopic (exact) mass is 531 g/mol. The van der Waals surface area contributed by atoms with Gasteiger partial charge in [-0.15, -0.1) is 0 Å². The van der Waals surface area contributed by atoms with Crippen molar-refractivity contribution in [1.82, 2.24) is 19.5 Å². The molecule has 3 N–H and O–H groups in total. The Morgan fingerprint density at radius 2 is 1.86 bits per heavy atom. The lowest BCUT2D eigenvalue weighted by Crippen LogP contribution is -2.37. The van der Waals surface area contributed by atoms with Gasteiger partial charge in [0, 0.05) is 18.9 Å². The van der Waals surface area contributed by atoms with Crippen LogP contribution < -0.4 is 21.4 Å². The summed E-state index contributed by atoms with van der Waals surface area (Å²) in [6.45, 7) is 0. The smallest absolute Gasteiger partial charge is 0.324 e. The largest absolute Gasteiger partial charge is 0.333 e. The summed E-state index contributed by atoms with van der Waals surface area (Å²) in [6.07, 6.45) is 1.34. The minimum absolute atomic E-state index is 0.00454. The Balaban J connectivity index is 1.56. The van der Waals surface area contributed by atoms with Crippen LogP contribution in [0.2, 0.25) is 10.0 Å². The van der Waals surface area contributed by atoms with Crippen molar-refractivity contribution >= 4 is 67.3 Å². The SMILES string of the molecule is CN1C(=O)CS(=O)(=O)c2cc(Nc3ncc4c(=N)n(-c5c(Cl)cccc5Cl)c(=O)[nH]c4n3)ccc21.